The lowest BCUT2D eigenvalue weighted by atomic mass is 10.3. The Morgan fingerprint density at radius 2 is 2.38 bits per heavy atom. The Kier molecular flexibility index (Phi) is 9.63. The number of hydrogen-bond donors (Lipinski definition) is 2. The summed E-state index contributed by atoms with van der Waals surface area (Å²) in [7, 11) is 0. The van der Waals surface area contributed by atoms with E-state index in [1.807, 2.05) is 6.92 Å². The van der Waals surface area contributed by atoms with Gasteiger partial charge in [-0.1, -0.05) is 18.9 Å². The van der Waals surface area contributed by atoms with Gasteiger partial charge in [0, 0.05) is 25.3 Å². The van der Waals surface area contributed by atoms with Gasteiger partial charge in [0.15, 0.2) is 0 Å². The molecule has 0 atom stereocenters. The van der Waals surface area contributed by atoms with Crippen molar-refractivity contribution >= 4 is 17.9 Å². The number of carbonyl (C=O) groups excluding carboxylic acids is 1. The summed E-state index contributed by atoms with van der Waals surface area (Å²) >= 11 is 1.64. The van der Waals surface area contributed by atoms with E-state index in [2.05, 4.69) is 4.72 Å². The Balaban J connectivity index is 3.08. The predicted octanol–water partition coefficient (Wildman–Crippen LogP) is 0.526. The van der Waals surface area contributed by atoms with Gasteiger partial charge in [0.1, 0.15) is 6.61 Å². The van der Waals surface area contributed by atoms with E-state index in [1.165, 1.54) is 0 Å². The Morgan fingerprint density at radius 3 is 3.00 bits per heavy atom. The fourth-order valence-corrected chi connectivity index (χ4v) is 1.34. The predicted molar refractivity (Wildman–Crippen MR) is 55.4 cm³/mol. The topological polar surface area (TPSA) is 64.3 Å². The molecular weight excluding hydrogens is 188 g/mol. The molecule has 5 heteroatoms. The van der Waals surface area contributed by atoms with Crippen LogP contribution in [0.3, 0.4) is 0 Å². The van der Waals surface area contributed by atoms with Crippen LogP contribution in [0.15, 0.2) is 0 Å². The molecule has 0 bridgehead atoms. The van der Waals surface area contributed by atoms with Crippen molar-refractivity contribution in [1.82, 2.24) is 4.72 Å². The highest BCUT2D eigenvalue weighted by molar-refractivity contribution is 7.97. The van der Waals surface area contributed by atoms with Crippen LogP contribution in [-0.4, -0.2) is 31.4 Å². The maximum Gasteiger partial charge on any atom is 0.305 e. The number of carbonyl (C=O) groups is 1. The lowest BCUT2D eigenvalue weighted by Gasteiger charge is -2.02. The van der Waals surface area contributed by atoms with E-state index in [0.717, 1.165) is 18.7 Å². The van der Waals surface area contributed by atoms with Crippen molar-refractivity contribution in [3.63, 3.8) is 0 Å². The monoisotopic (exact) mass is 206 g/mol. The number of ether oxygens (including phenoxy) is 1. The van der Waals surface area contributed by atoms with Crippen LogP contribution < -0.4 is 10.5 Å². The van der Waals surface area contributed by atoms with Gasteiger partial charge < -0.3 is 10.5 Å². The minimum absolute atomic E-state index is 0.150. The van der Waals surface area contributed by atoms with Gasteiger partial charge in [0.25, 0.3) is 0 Å². The molecule has 0 aliphatic rings. The first-order valence-corrected chi connectivity index (χ1v) is 5.50. The van der Waals surface area contributed by atoms with Crippen molar-refractivity contribution in [3.05, 3.63) is 0 Å². The quantitative estimate of drug-likeness (QED) is 0.344. The average Bonchev–Trinajstić information content (AvgIpc) is 2.14. The molecule has 0 amide bonds. The van der Waals surface area contributed by atoms with Gasteiger partial charge in [-0.25, -0.2) is 0 Å². The molecular formula is C8H18N2O2S. The van der Waals surface area contributed by atoms with Crippen molar-refractivity contribution in [2.24, 2.45) is 5.73 Å². The molecule has 0 saturated heterocycles. The maximum absolute atomic E-state index is 10.9. The van der Waals surface area contributed by atoms with Crippen molar-refractivity contribution in [2.75, 3.05) is 25.4 Å². The summed E-state index contributed by atoms with van der Waals surface area (Å²) < 4.78 is 7.91. The number of rotatable bonds is 8. The van der Waals surface area contributed by atoms with Gasteiger partial charge >= 0.3 is 5.97 Å². The molecule has 0 radical (unpaired) electrons. The number of hydrogen-bond acceptors (Lipinski definition) is 5. The Hall–Kier alpha value is -0.260. The molecule has 0 aromatic heterocycles. The second kappa shape index (κ2) is 9.83. The Morgan fingerprint density at radius 1 is 1.62 bits per heavy atom. The van der Waals surface area contributed by atoms with Gasteiger partial charge in [-0.2, -0.15) is 0 Å². The highest BCUT2D eigenvalue weighted by Gasteiger charge is 2.00. The first-order chi connectivity index (χ1) is 6.31. The molecule has 0 aromatic carbocycles. The molecule has 0 spiro atoms. The van der Waals surface area contributed by atoms with E-state index < -0.39 is 0 Å². The van der Waals surface area contributed by atoms with E-state index >= 15 is 0 Å². The SMILES string of the molecule is CCNSCCCC(=O)OCCN. The van der Waals surface area contributed by atoms with Crippen LogP contribution >= 0.6 is 11.9 Å². The van der Waals surface area contributed by atoms with Crippen LogP contribution in [0, 0.1) is 0 Å². The molecule has 0 aromatic rings. The van der Waals surface area contributed by atoms with Gasteiger partial charge in [-0.3, -0.25) is 9.52 Å². The van der Waals surface area contributed by atoms with Crippen molar-refractivity contribution in [3.8, 4) is 0 Å². The zero-order chi connectivity index (χ0) is 9.94. The van der Waals surface area contributed by atoms with Crippen molar-refractivity contribution in [2.45, 2.75) is 19.8 Å². The summed E-state index contributed by atoms with van der Waals surface area (Å²) in [5.41, 5.74) is 5.18. The minimum Gasteiger partial charge on any atom is -0.464 e. The molecule has 4 nitrogen and oxygen atoms in total. The van der Waals surface area contributed by atoms with Crippen LogP contribution in [-0.2, 0) is 9.53 Å². The molecule has 0 rings (SSSR count). The third kappa shape index (κ3) is 9.66. The molecule has 0 fully saturated rings. The van der Waals surface area contributed by atoms with Crippen molar-refractivity contribution in [1.29, 1.82) is 0 Å². The molecule has 0 aliphatic carbocycles. The molecule has 3 N–H and O–H groups in total. The largest absolute Gasteiger partial charge is 0.464 e. The highest BCUT2D eigenvalue weighted by atomic mass is 32.2. The number of nitrogens with one attached hydrogen (secondary N) is 1. The molecule has 0 unspecified atom stereocenters. The van der Waals surface area contributed by atoms with Gasteiger partial charge in [-0.15, -0.1) is 0 Å². The molecule has 0 aliphatic heterocycles. The van der Waals surface area contributed by atoms with Gasteiger partial charge in [0.2, 0.25) is 0 Å². The van der Waals surface area contributed by atoms with Crippen LogP contribution in [0.1, 0.15) is 19.8 Å². The Bertz CT molecular complexity index is 133. The van der Waals surface area contributed by atoms with Crippen LogP contribution in [0.2, 0.25) is 0 Å². The summed E-state index contributed by atoms with van der Waals surface area (Å²) in [6, 6.07) is 0. The normalized spacial score (nSPS) is 10.0. The van der Waals surface area contributed by atoms with E-state index in [1.54, 1.807) is 11.9 Å². The first kappa shape index (κ1) is 12.7. The number of nitrogens with two attached hydrogens (primary N) is 1. The third-order valence-electron chi connectivity index (χ3n) is 1.25. The summed E-state index contributed by atoms with van der Waals surface area (Å²) in [4.78, 5) is 10.9. The summed E-state index contributed by atoms with van der Waals surface area (Å²) in [6.45, 7) is 3.72. The summed E-state index contributed by atoms with van der Waals surface area (Å²) in [5, 5.41) is 0. The number of esters is 1. The highest BCUT2D eigenvalue weighted by Crippen LogP contribution is 2.00. The molecule has 0 heterocycles. The second-order valence-electron chi connectivity index (χ2n) is 2.46. The smallest absolute Gasteiger partial charge is 0.305 e. The van der Waals surface area contributed by atoms with E-state index in [9.17, 15) is 4.79 Å². The van der Waals surface area contributed by atoms with Gasteiger partial charge in [-0.05, 0) is 6.42 Å². The Labute approximate surface area is 83.7 Å². The molecule has 0 saturated carbocycles. The fourth-order valence-electron chi connectivity index (χ4n) is 0.708. The average molecular weight is 206 g/mol. The minimum atomic E-state index is -0.150. The zero-order valence-corrected chi connectivity index (χ0v) is 8.86. The van der Waals surface area contributed by atoms with E-state index in [-0.39, 0.29) is 5.97 Å². The molecule has 78 valence electrons. The van der Waals surface area contributed by atoms with E-state index in [4.69, 9.17) is 10.5 Å². The summed E-state index contributed by atoms with van der Waals surface area (Å²) in [5.74, 6) is 0.786. The first-order valence-electron chi connectivity index (χ1n) is 4.51. The van der Waals surface area contributed by atoms with Crippen LogP contribution in [0.5, 0.6) is 0 Å². The van der Waals surface area contributed by atoms with E-state index in [0.29, 0.717) is 19.6 Å². The lowest BCUT2D eigenvalue weighted by Crippen LogP contribution is -2.13. The van der Waals surface area contributed by atoms with Crippen LogP contribution in [0.25, 0.3) is 0 Å². The lowest BCUT2D eigenvalue weighted by molar-refractivity contribution is -0.143. The maximum atomic E-state index is 10.9. The molecule has 13 heavy (non-hydrogen) atoms. The van der Waals surface area contributed by atoms with Gasteiger partial charge in [0.05, 0.1) is 0 Å². The van der Waals surface area contributed by atoms with Crippen molar-refractivity contribution < 1.29 is 9.53 Å². The zero-order valence-electron chi connectivity index (χ0n) is 8.04. The second-order valence-corrected chi connectivity index (χ2v) is 3.44. The summed E-state index contributed by atoms with van der Waals surface area (Å²) in [6.07, 6.45) is 1.33. The third-order valence-corrected chi connectivity index (χ3v) is 2.24. The fraction of sp³-hybridized carbons (Fsp3) is 0.875. The van der Waals surface area contributed by atoms with Crippen LogP contribution in [0.4, 0.5) is 0 Å². The standard InChI is InChI=1S/C8H18N2O2S/c1-2-10-13-7-3-4-8(11)12-6-5-9/h10H,2-7,9H2,1H3.